The fourth-order valence-electron chi connectivity index (χ4n) is 3.41. The standard InChI is InChI=1S/C20H22N4O4/c1-3-20(10-9-16(25)23-19(20)28)14-5-7-15(8-6-14)22-18(27)17(26)13-11-21-24(4-2)12-13/h5-8,11-12H,3-4,9-10H2,1-2H3,(H,22,27)(H,23,25,28)/t20-/m0/s1. The molecule has 146 valence electrons. The highest BCUT2D eigenvalue weighted by Crippen LogP contribution is 2.36. The van der Waals surface area contributed by atoms with E-state index < -0.39 is 17.1 Å². The lowest BCUT2D eigenvalue weighted by Crippen LogP contribution is -2.51. The molecule has 0 unspecified atom stereocenters. The molecular weight excluding hydrogens is 360 g/mol. The summed E-state index contributed by atoms with van der Waals surface area (Å²) in [5.74, 6) is -1.98. The predicted octanol–water partition coefficient (Wildman–Crippen LogP) is 1.81. The number of anilines is 1. The summed E-state index contributed by atoms with van der Waals surface area (Å²) in [5, 5.41) is 8.96. The maximum absolute atomic E-state index is 12.4. The number of rotatable bonds is 6. The van der Waals surface area contributed by atoms with Crippen LogP contribution in [0.15, 0.2) is 36.7 Å². The van der Waals surface area contributed by atoms with E-state index in [2.05, 4.69) is 15.7 Å². The van der Waals surface area contributed by atoms with Gasteiger partial charge in [0.1, 0.15) is 0 Å². The van der Waals surface area contributed by atoms with E-state index in [0.717, 1.165) is 5.56 Å². The number of piperidine rings is 1. The van der Waals surface area contributed by atoms with Crippen LogP contribution in [0, 0.1) is 0 Å². The monoisotopic (exact) mass is 382 g/mol. The average molecular weight is 382 g/mol. The molecular formula is C20H22N4O4. The summed E-state index contributed by atoms with van der Waals surface area (Å²) in [6.45, 7) is 4.39. The van der Waals surface area contributed by atoms with Gasteiger partial charge in [0.05, 0.1) is 17.2 Å². The zero-order chi connectivity index (χ0) is 20.3. The van der Waals surface area contributed by atoms with Gasteiger partial charge in [-0.1, -0.05) is 19.1 Å². The first-order valence-corrected chi connectivity index (χ1v) is 9.22. The van der Waals surface area contributed by atoms with Crippen molar-refractivity contribution < 1.29 is 19.2 Å². The van der Waals surface area contributed by atoms with Crippen LogP contribution in [0.4, 0.5) is 5.69 Å². The van der Waals surface area contributed by atoms with E-state index in [1.54, 1.807) is 28.9 Å². The molecule has 2 heterocycles. The molecule has 1 aromatic heterocycles. The maximum atomic E-state index is 12.4. The fourth-order valence-corrected chi connectivity index (χ4v) is 3.41. The topological polar surface area (TPSA) is 110 Å². The third-order valence-corrected chi connectivity index (χ3v) is 5.19. The summed E-state index contributed by atoms with van der Waals surface area (Å²) in [5.41, 5.74) is 0.683. The van der Waals surface area contributed by atoms with Crippen LogP contribution in [-0.2, 0) is 26.3 Å². The minimum atomic E-state index is -0.763. The second-order valence-corrected chi connectivity index (χ2v) is 6.76. The number of carbonyl (C=O) groups excluding carboxylic acids is 4. The van der Waals surface area contributed by atoms with Gasteiger partial charge in [0.15, 0.2) is 0 Å². The number of ketones is 1. The average Bonchev–Trinajstić information content (AvgIpc) is 3.18. The Kier molecular flexibility index (Phi) is 5.39. The van der Waals surface area contributed by atoms with E-state index in [9.17, 15) is 19.2 Å². The first-order valence-electron chi connectivity index (χ1n) is 9.22. The van der Waals surface area contributed by atoms with E-state index in [-0.39, 0.29) is 23.8 Å². The molecule has 0 bridgehead atoms. The molecule has 0 spiro atoms. The van der Waals surface area contributed by atoms with Crippen LogP contribution >= 0.6 is 0 Å². The maximum Gasteiger partial charge on any atom is 0.296 e. The van der Waals surface area contributed by atoms with E-state index in [1.165, 1.54) is 12.4 Å². The van der Waals surface area contributed by atoms with Crippen LogP contribution in [0.3, 0.4) is 0 Å². The molecule has 1 aromatic carbocycles. The van der Waals surface area contributed by atoms with Gasteiger partial charge in [-0.25, -0.2) is 0 Å². The summed E-state index contributed by atoms with van der Waals surface area (Å²) in [6.07, 6.45) is 4.18. The number of aromatic nitrogens is 2. The minimum Gasteiger partial charge on any atom is -0.319 e. The summed E-state index contributed by atoms with van der Waals surface area (Å²) in [7, 11) is 0. The van der Waals surface area contributed by atoms with Crippen LogP contribution in [0.1, 0.15) is 49.0 Å². The lowest BCUT2D eigenvalue weighted by Gasteiger charge is -2.35. The Balaban J connectivity index is 1.73. The van der Waals surface area contributed by atoms with Crippen molar-refractivity contribution >= 4 is 29.2 Å². The number of amides is 3. The molecule has 3 amide bonds. The van der Waals surface area contributed by atoms with Crippen LogP contribution < -0.4 is 10.6 Å². The highest BCUT2D eigenvalue weighted by Gasteiger charge is 2.42. The smallest absolute Gasteiger partial charge is 0.296 e. The zero-order valence-corrected chi connectivity index (χ0v) is 15.8. The molecule has 8 nitrogen and oxygen atoms in total. The van der Waals surface area contributed by atoms with Crippen LogP contribution in [0.2, 0.25) is 0 Å². The first kappa shape index (κ1) is 19.5. The Morgan fingerprint density at radius 2 is 1.93 bits per heavy atom. The molecule has 28 heavy (non-hydrogen) atoms. The second-order valence-electron chi connectivity index (χ2n) is 6.76. The fraction of sp³-hybridized carbons (Fsp3) is 0.350. The van der Waals surface area contributed by atoms with Gasteiger partial charge in [-0.2, -0.15) is 5.10 Å². The van der Waals surface area contributed by atoms with Gasteiger partial charge in [0.25, 0.3) is 11.7 Å². The largest absolute Gasteiger partial charge is 0.319 e. The molecule has 8 heteroatoms. The molecule has 1 fully saturated rings. The number of aryl methyl sites for hydroxylation is 1. The molecule has 0 aliphatic carbocycles. The number of nitrogens with one attached hydrogen (secondary N) is 2. The van der Waals surface area contributed by atoms with E-state index in [0.29, 0.717) is 25.1 Å². The van der Waals surface area contributed by atoms with Crippen LogP contribution in [-0.4, -0.2) is 33.3 Å². The predicted molar refractivity (Wildman–Crippen MR) is 102 cm³/mol. The van der Waals surface area contributed by atoms with Crippen molar-refractivity contribution in [1.29, 1.82) is 0 Å². The number of imide groups is 1. The Bertz CT molecular complexity index is 932. The van der Waals surface area contributed by atoms with Gasteiger partial charge in [-0.05, 0) is 37.5 Å². The Morgan fingerprint density at radius 3 is 2.50 bits per heavy atom. The van der Waals surface area contributed by atoms with Crippen LogP contribution in [0.25, 0.3) is 0 Å². The summed E-state index contributed by atoms with van der Waals surface area (Å²) in [6, 6.07) is 6.79. The molecule has 2 N–H and O–H groups in total. The summed E-state index contributed by atoms with van der Waals surface area (Å²) < 4.78 is 1.57. The Hall–Kier alpha value is -3.29. The summed E-state index contributed by atoms with van der Waals surface area (Å²) >= 11 is 0. The highest BCUT2D eigenvalue weighted by atomic mass is 16.2. The number of benzene rings is 1. The van der Waals surface area contributed by atoms with Gasteiger partial charge < -0.3 is 5.32 Å². The normalized spacial score (nSPS) is 19.2. The molecule has 1 aliphatic rings. The van der Waals surface area contributed by atoms with E-state index in [1.807, 2.05) is 13.8 Å². The highest BCUT2D eigenvalue weighted by molar-refractivity contribution is 6.46. The number of nitrogens with zero attached hydrogens (tertiary/aromatic N) is 2. The molecule has 1 atom stereocenters. The van der Waals surface area contributed by atoms with Crippen molar-refractivity contribution in [3.05, 3.63) is 47.8 Å². The van der Waals surface area contributed by atoms with Crippen molar-refractivity contribution in [3.63, 3.8) is 0 Å². The van der Waals surface area contributed by atoms with Crippen molar-refractivity contribution in [2.75, 3.05) is 5.32 Å². The number of Topliss-reactive ketones (excluding diaryl/α,β-unsaturated/α-hetero) is 1. The number of hydrogen-bond acceptors (Lipinski definition) is 5. The van der Waals surface area contributed by atoms with E-state index in [4.69, 9.17) is 0 Å². The molecule has 2 aromatic rings. The zero-order valence-electron chi connectivity index (χ0n) is 15.8. The van der Waals surface area contributed by atoms with Crippen molar-refractivity contribution in [2.24, 2.45) is 0 Å². The van der Waals surface area contributed by atoms with Gasteiger partial charge in [0, 0.05) is 24.8 Å². The van der Waals surface area contributed by atoms with Gasteiger partial charge >= 0.3 is 0 Å². The lowest BCUT2D eigenvalue weighted by molar-refractivity contribution is -0.138. The lowest BCUT2D eigenvalue weighted by atomic mass is 9.72. The van der Waals surface area contributed by atoms with Gasteiger partial charge in [-0.15, -0.1) is 0 Å². The van der Waals surface area contributed by atoms with Crippen molar-refractivity contribution in [2.45, 2.75) is 45.1 Å². The molecule has 1 aliphatic heterocycles. The SMILES string of the molecule is CCn1cc(C(=O)C(=O)Nc2ccc([C@]3(CC)CCC(=O)NC3=O)cc2)cn1. The molecule has 3 rings (SSSR count). The van der Waals surface area contributed by atoms with Crippen molar-refractivity contribution in [1.82, 2.24) is 15.1 Å². The molecule has 0 radical (unpaired) electrons. The van der Waals surface area contributed by atoms with Crippen LogP contribution in [0.5, 0.6) is 0 Å². The molecule has 1 saturated heterocycles. The third kappa shape index (κ3) is 3.58. The quantitative estimate of drug-likeness (QED) is 0.450. The number of hydrogen-bond donors (Lipinski definition) is 2. The van der Waals surface area contributed by atoms with Crippen molar-refractivity contribution in [3.8, 4) is 0 Å². The molecule has 0 saturated carbocycles. The van der Waals surface area contributed by atoms with Gasteiger partial charge in [-0.3, -0.25) is 29.2 Å². The minimum absolute atomic E-state index is 0.226. The Labute approximate surface area is 162 Å². The first-order chi connectivity index (χ1) is 13.4. The van der Waals surface area contributed by atoms with Gasteiger partial charge in [0.2, 0.25) is 11.8 Å². The third-order valence-electron chi connectivity index (χ3n) is 5.19. The van der Waals surface area contributed by atoms with E-state index >= 15 is 0 Å². The Morgan fingerprint density at radius 1 is 1.21 bits per heavy atom. The number of carbonyl (C=O) groups is 4. The summed E-state index contributed by atoms with van der Waals surface area (Å²) in [4.78, 5) is 48.3. The second kappa shape index (κ2) is 7.75.